The number of aromatic nitrogens is 4. The molecule has 19 nitrogen and oxygen atoms in total. The second-order valence-electron chi connectivity index (χ2n) is 19.9. The number of nitrogens with one attached hydrogen (secondary N) is 3. The van der Waals surface area contributed by atoms with E-state index in [9.17, 15) is 23.7 Å². The highest BCUT2D eigenvalue weighted by Gasteiger charge is 2.45. The van der Waals surface area contributed by atoms with Gasteiger partial charge in [0.1, 0.15) is 30.3 Å². The van der Waals surface area contributed by atoms with E-state index in [0.29, 0.717) is 61.2 Å². The fourth-order valence-corrected chi connectivity index (χ4v) is 12.8. The molecule has 5 aliphatic rings. The molecular formula is C52H63BrN13O6P. The van der Waals surface area contributed by atoms with Crippen LogP contribution in [0.4, 0.5) is 34.5 Å². The summed E-state index contributed by atoms with van der Waals surface area (Å²) in [7, 11) is -1.09. The van der Waals surface area contributed by atoms with Gasteiger partial charge < -0.3 is 34.6 Å². The van der Waals surface area contributed by atoms with Crippen molar-refractivity contribution in [2.75, 3.05) is 119 Å². The third-order valence-corrected chi connectivity index (χ3v) is 17.1. The standard InChI is InChI=1S/C52H63BrN13O6P/c1-5-33-29-41(58-52-56-32-38(53)48(60-52)57-40-10-9-39-46(55-16-15-54-39)47(40)73(3,4)71)44(72-2)31-43(33)65-19-13-34(14-20-65)63-25-21-61(22-26-63)17-6-18-62-23-27-64(28-24-62)35-7-8-36-37(30-35)51(70)66(50(36)69)42-11-12-45(67)59-49(42)68/h7-10,15-16,29-32,34,42H,5-6,11-14,17-28H2,1-4H3,(H,59,67,68)(H2,56,57,58,60). The molecule has 3 N–H and O–H groups in total. The van der Waals surface area contributed by atoms with Gasteiger partial charge in [0.2, 0.25) is 17.8 Å². The van der Waals surface area contributed by atoms with E-state index in [0.717, 1.165) is 120 Å². The van der Waals surface area contributed by atoms with Crippen molar-refractivity contribution in [3.05, 3.63) is 82.2 Å². The molecule has 7 heterocycles. The van der Waals surface area contributed by atoms with E-state index in [4.69, 9.17) is 9.72 Å². The molecule has 0 aliphatic carbocycles. The van der Waals surface area contributed by atoms with E-state index in [1.807, 2.05) is 18.2 Å². The minimum Gasteiger partial charge on any atom is -0.494 e. The molecule has 0 bridgehead atoms. The number of aryl methyl sites for hydroxylation is 1. The van der Waals surface area contributed by atoms with Gasteiger partial charge >= 0.3 is 0 Å². The lowest BCUT2D eigenvalue weighted by Gasteiger charge is -2.43. The van der Waals surface area contributed by atoms with Gasteiger partial charge in [0.25, 0.3) is 11.8 Å². The molecule has 4 amide bonds. The summed E-state index contributed by atoms with van der Waals surface area (Å²) in [6.07, 6.45) is 9.35. The zero-order chi connectivity index (χ0) is 51.0. The van der Waals surface area contributed by atoms with Crippen LogP contribution >= 0.6 is 23.1 Å². The molecule has 1 atom stereocenters. The fraction of sp³-hybridized carbons (Fsp3) is 0.462. The average Bonchev–Trinajstić information content (AvgIpc) is 3.64. The summed E-state index contributed by atoms with van der Waals surface area (Å²) >= 11 is 3.61. The number of hydrogen-bond acceptors (Lipinski definition) is 17. The Morgan fingerprint density at radius 1 is 0.781 bits per heavy atom. The molecule has 5 aromatic rings. The van der Waals surface area contributed by atoms with Gasteiger partial charge in [0.05, 0.1) is 44.9 Å². The Bertz CT molecular complexity index is 2990. The molecule has 73 heavy (non-hydrogen) atoms. The minimum absolute atomic E-state index is 0.0972. The molecule has 4 fully saturated rings. The first-order valence-electron chi connectivity index (χ1n) is 25.4. The second kappa shape index (κ2) is 21.4. The SMILES string of the molecule is CCc1cc(Nc2ncc(Br)c(Nc3ccc4nccnc4c3P(C)(C)=O)n2)c(OC)cc1N1CCC(N2CCN(CCCN3CCN(c4ccc5c(c4)C(=O)N(C4CCC(=O)NC4=O)C5=O)CC3)CC2)CC1. The number of nitrogens with zero attached hydrogens (tertiary/aromatic N) is 10. The summed E-state index contributed by atoms with van der Waals surface area (Å²) < 4.78 is 20.2. The van der Waals surface area contributed by atoms with E-state index in [-0.39, 0.29) is 18.7 Å². The fourth-order valence-electron chi connectivity index (χ4n) is 11.1. The van der Waals surface area contributed by atoms with Crippen LogP contribution < -0.4 is 35.8 Å². The molecule has 21 heteroatoms. The summed E-state index contributed by atoms with van der Waals surface area (Å²) in [5.74, 6) is -0.341. The molecule has 0 radical (unpaired) electrons. The Kier molecular flexibility index (Phi) is 14.8. The van der Waals surface area contributed by atoms with Gasteiger partial charge in [-0.15, -0.1) is 0 Å². The number of halogens is 1. The van der Waals surface area contributed by atoms with Crippen LogP contribution in [0.3, 0.4) is 0 Å². The van der Waals surface area contributed by atoms with Crippen LogP contribution in [-0.4, -0.2) is 174 Å². The first-order chi connectivity index (χ1) is 35.3. The summed E-state index contributed by atoms with van der Waals surface area (Å²) in [5.41, 5.74) is 6.63. The number of carbonyl (C=O) groups is 4. The lowest BCUT2D eigenvalue weighted by atomic mass is 9.99. The van der Waals surface area contributed by atoms with Crippen molar-refractivity contribution >= 4 is 97.6 Å². The van der Waals surface area contributed by atoms with Crippen molar-refractivity contribution < 1.29 is 28.5 Å². The predicted octanol–water partition coefficient (Wildman–Crippen LogP) is 5.69. The van der Waals surface area contributed by atoms with Crippen molar-refractivity contribution in [3.63, 3.8) is 0 Å². The Balaban J connectivity index is 0.676. The molecule has 5 aliphatic heterocycles. The zero-order valence-corrected chi connectivity index (χ0v) is 44.4. The molecule has 0 spiro atoms. The number of benzene rings is 3. The van der Waals surface area contributed by atoms with Crippen molar-refractivity contribution in [1.82, 2.24) is 44.9 Å². The summed E-state index contributed by atoms with van der Waals surface area (Å²) in [5, 5.41) is 9.68. The molecule has 2 aromatic heterocycles. The van der Waals surface area contributed by atoms with E-state index in [1.54, 1.807) is 51.2 Å². The quantitative estimate of drug-likeness (QED) is 0.0852. The lowest BCUT2D eigenvalue weighted by Crippen LogP contribution is -2.54. The van der Waals surface area contributed by atoms with Crippen LogP contribution in [0.15, 0.2) is 65.5 Å². The number of imide groups is 2. The van der Waals surface area contributed by atoms with E-state index < -0.39 is 30.9 Å². The van der Waals surface area contributed by atoms with Crippen LogP contribution in [0.1, 0.15) is 65.3 Å². The molecule has 4 saturated heterocycles. The number of piperidine rings is 2. The highest BCUT2D eigenvalue weighted by Crippen LogP contribution is 2.42. The maximum absolute atomic E-state index is 13.6. The molecule has 3 aromatic carbocycles. The van der Waals surface area contributed by atoms with Gasteiger partial charge in [-0.25, -0.2) is 4.98 Å². The maximum Gasteiger partial charge on any atom is 0.262 e. The Hall–Kier alpha value is -6.05. The van der Waals surface area contributed by atoms with Crippen LogP contribution in [0.5, 0.6) is 5.75 Å². The van der Waals surface area contributed by atoms with Gasteiger partial charge in [-0.1, -0.05) is 6.92 Å². The van der Waals surface area contributed by atoms with Crippen molar-refractivity contribution in [1.29, 1.82) is 0 Å². The molecule has 10 rings (SSSR count). The Morgan fingerprint density at radius 2 is 1.49 bits per heavy atom. The second-order valence-corrected chi connectivity index (χ2v) is 23.9. The minimum atomic E-state index is -2.78. The number of amides is 4. The van der Waals surface area contributed by atoms with E-state index >= 15 is 0 Å². The van der Waals surface area contributed by atoms with E-state index in [1.165, 1.54) is 11.3 Å². The number of hydrogen-bond donors (Lipinski definition) is 3. The van der Waals surface area contributed by atoms with Gasteiger partial charge in [-0.05, 0) is 116 Å². The first-order valence-corrected chi connectivity index (χ1v) is 28.8. The van der Waals surface area contributed by atoms with Gasteiger partial charge in [0, 0.05) is 114 Å². The lowest BCUT2D eigenvalue weighted by molar-refractivity contribution is -0.136. The van der Waals surface area contributed by atoms with Crippen molar-refractivity contribution in [3.8, 4) is 5.75 Å². The summed E-state index contributed by atoms with van der Waals surface area (Å²) in [4.78, 5) is 82.7. The molecular weight excluding hydrogens is 1010 g/mol. The highest BCUT2D eigenvalue weighted by molar-refractivity contribution is 9.10. The number of carbonyl (C=O) groups excluding carboxylic acids is 4. The Morgan fingerprint density at radius 3 is 2.19 bits per heavy atom. The Labute approximate surface area is 433 Å². The molecule has 0 saturated carbocycles. The highest BCUT2D eigenvalue weighted by atomic mass is 79.9. The number of fused-ring (bicyclic) bond motifs is 2. The number of ether oxygens (including phenoxy) is 1. The summed E-state index contributed by atoms with van der Waals surface area (Å²) in [6, 6.07) is 13.0. The number of piperazine rings is 2. The zero-order valence-electron chi connectivity index (χ0n) is 41.9. The summed E-state index contributed by atoms with van der Waals surface area (Å²) in [6.45, 7) is 17.5. The topological polar surface area (TPSA) is 202 Å². The molecule has 1 unspecified atom stereocenters. The smallest absolute Gasteiger partial charge is 0.262 e. The predicted molar refractivity (Wildman–Crippen MR) is 287 cm³/mol. The maximum atomic E-state index is 13.6. The largest absolute Gasteiger partial charge is 0.494 e. The van der Waals surface area contributed by atoms with Crippen molar-refractivity contribution in [2.45, 2.75) is 57.5 Å². The average molecular weight is 1080 g/mol. The first kappa shape index (κ1) is 50.5. The normalized spacial score (nSPS) is 19.7. The number of anilines is 6. The van der Waals surface area contributed by atoms with Gasteiger partial charge in [-0.2, -0.15) is 4.98 Å². The van der Waals surface area contributed by atoms with E-state index in [2.05, 4.69) is 90.4 Å². The van der Waals surface area contributed by atoms with Crippen LogP contribution in [0, 0.1) is 0 Å². The van der Waals surface area contributed by atoms with Crippen molar-refractivity contribution in [2.24, 2.45) is 0 Å². The number of methoxy groups -OCH3 is 1. The third kappa shape index (κ3) is 10.7. The van der Waals surface area contributed by atoms with Crippen LogP contribution in [0.2, 0.25) is 0 Å². The monoisotopic (exact) mass is 1080 g/mol. The molecule has 384 valence electrons. The third-order valence-electron chi connectivity index (χ3n) is 15.0. The number of rotatable bonds is 15. The van der Waals surface area contributed by atoms with Crippen LogP contribution in [-0.2, 0) is 20.6 Å². The van der Waals surface area contributed by atoms with Crippen LogP contribution in [0.25, 0.3) is 11.0 Å². The van der Waals surface area contributed by atoms with Gasteiger partial charge in [0.15, 0.2) is 0 Å². The van der Waals surface area contributed by atoms with Gasteiger partial charge in [-0.3, -0.25) is 49.2 Å².